The molecular weight excluding hydrogens is 309 g/mol. The minimum absolute atomic E-state index is 0.0484. The minimum atomic E-state index is -0.522. The molecule has 2 aromatic rings. The van der Waals surface area contributed by atoms with Gasteiger partial charge in [0.2, 0.25) is 9.47 Å². The summed E-state index contributed by atoms with van der Waals surface area (Å²) in [6.07, 6.45) is 1.18. The van der Waals surface area contributed by atoms with Crippen LogP contribution in [-0.4, -0.2) is 26.1 Å². The molecule has 0 spiro atoms. The van der Waals surface area contributed by atoms with E-state index in [0.717, 1.165) is 11.3 Å². The molecule has 0 aliphatic rings. The minimum Gasteiger partial charge on any atom is -0.303 e. The highest BCUT2D eigenvalue weighted by Gasteiger charge is 2.15. The van der Waals surface area contributed by atoms with Crippen LogP contribution in [0.5, 0.6) is 0 Å². The van der Waals surface area contributed by atoms with Crippen LogP contribution in [0.25, 0.3) is 0 Å². The average Bonchev–Trinajstić information content (AvgIpc) is 2.72. The molecule has 0 bridgehead atoms. The quantitative estimate of drug-likeness (QED) is 0.862. The average molecular weight is 311 g/mol. The first kappa shape index (κ1) is 12.4. The predicted octanol–water partition coefficient (Wildman–Crippen LogP) is 2.54. The van der Waals surface area contributed by atoms with E-state index in [-0.39, 0.29) is 25.5 Å². The van der Waals surface area contributed by atoms with Gasteiger partial charge in [0.15, 0.2) is 11.0 Å². The largest absolute Gasteiger partial charge is 0.303 e. The summed E-state index contributed by atoms with van der Waals surface area (Å²) in [6, 6.07) is 0. The van der Waals surface area contributed by atoms with Crippen molar-refractivity contribution < 1.29 is 4.79 Å². The second-order valence-corrected chi connectivity index (χ2v) is 4.94. The molecule has 17 heavy (non-hydrogen) atoms. The number of hydrogen-bond acceptors (Lipinski definition) is 6. The van der Waals surface area contributed by atoms with Gasteiger partial charge in [0, 0.05) is 0 Å². The van der Waals surface area contributed by atoms with Gasteiger partial charge in [-0.15, -0.1) is 10.2 Å². The fourth-order valence-electron chi connectivity index (χ4n) is 0.894. The summed E-state index contributed by atoms with van der Waals surface area (Å²) in [7, 11) is 0. The van der Waals surface area contributed by atoms with Crippen molar-refractivity contribution in [2.45, 2.75) is 0 Å². The molecule has 0 radical (unpaired) electrons. The maximum atomic E-state index is 11.7. The van der Waals surface area contributed by atoms with Crippen LogP contribution in [0.4, 0.5) is 5.82 Å². The van der Waals surface area contributed by atoms with E-state index in [0.29, 0.717) is 0 Å². The lowest BCUT2D eigenvalue weighted by atomic mass is 10.5. The summed E-state index contributed by atoms with van der Waals surface area (Å²) in [5.74, 6) is -0.422. The van der Waals surface area contributed by atoms with Crippen molar-refractivity contribution in [3.8, 4) is 0 Å². The molecule has 1 amide bonds. The Balaban J connectivity index is 2.21. The van der Waals surface area contributed by atoms with E-state index in [1.54, 1.807) is 0 Å². The van der Waals surface area contributed by atoms with Crippen molar-refractivity contribution in [2.75, 3.05) is 5.32 Å². The Morgan fingerprint density at radius 3 is 2.65 bits per heavy atom. The fourth-order valence-corrected chi connectivity index (χ4v) is 1.90. The van der Waals surface area contributed by atoms with E-state index in [4.69, 9.17) is 34.8 Å². The van der Waals surface area contributed by atoms with E-state index >= 15 is 0 Å². The Morgan fingerprint density at radius 2 is 2.00 bits per heavy atom. The number of anilines is 1. The molecular formula is C7H2Cl3N5OS. The summed E-state index contributed by atoms with van der Waals surface area (Å²) in [4.78, 5) is 19.1. The van der Waals surface area contributed by atoms with Gasteiger partial charge < -0.3 is 5.32 Å². The van der Waals surface area contributed by atoms with Gasteiger partial charge in [-0.2, -0.15) is 0 Å². The molecule has 0 aliphatic heterocycles. The number of carbonyl (C=O) groups excluding carboxylic acids is 1. The van der Waals surface area contributed by atoms with Gasteiger partial charge >= 0.3 is 0 Å². The van der Waals surface area contributed by atoms with Gasteiger partial charge in [0.05, 0.1) is 0 Å². The van der Waals surface area contributed by atoms with Gasteiger partial charge in [0.1, 0.15) is 11.3 Å². The van der Waals surface area contributed by atoms with Crippen molar-refractivity contribution in [1.82, 2.24) is 20.2 Å². The van der Waals surface area contributed by atoms with E-state index in [9.17, 15) is 4.79 Å². The second kappa shape index (κ2) is 5.09. The van der Waals surface area contributed by atoms with E-state index in [1.165, 1.54) is 6.33 Å². The third-order valence-electron chi connectivity index (χ3n) is 1.57. The fraction of sp³-hybridized carbons (Fsp3) is 0. The van der Waals surface area contributed by atoms with Crippen LogP contribution in [0.2, 0.25) is 14.6 Å². The topological polar surface area (TPSA) is 80.7 Å². The SMILES string of the molecule is O=C(Nc1ncnc(Cl)c1Cl)c1nnc(Cl)s1. The highest BCUT2D eigenvalue weighted by molar-refractivity contribution is 7.17. The third kappa shape index (κ3) is 2.81. The Bertz CT molecular complexity index is 574. The molecule has 0 atom stereocenters. The third-order valence-corrected chi connectivity index (χ3v) is 3.33. The molecule has 0 aromatic carbocycles. The zero-order valence-corrected chi connectivity index (χ0v) is 10.9. The summed E-state index contributed by atoms with van der Waals surface area (Å²) in [5, 5.41) is 9.69. The smallest absolute Gasteiger partial charge is 0.287 e. The number of nitrogens with zero attached hydrogens (tertiary/aromatic N) is 4. The highest BCUT2D eigenvalue weighted by Crippen LogP contribution is 2.26. The molecule has 1 N–H and O–H groups in total. The normalized spacial score (nSPS) is 10.3. The monoisotopic (exact) mass is 309 g/mol. The molecule has 0 fully saturated rings. The molecule has 0 saturated carbocycles. The van der Waals surface area contributed by atoms with Crippen molar-refractivity contribution >= 4 is 57.9 Å². The van der Waals surface area contributed by atoms with Crippen LogP contribution < -0.4 is 5.32 Å². The first-order valence-corrected chi connectivity index (χ1v) is 5.99. The highest BCUT2D eigenvalue weighted by atomic mass is 35.5. The van der Waals surface area contributed by atoms with Gasteiger partial charge in [-0.1, -0.05) is 34.5 Å². The molecule has 10 heteroatoms. The first-order valence-electron chi connectivity index (χ1n) is 4.04. The van der Waals surface area contributed by atoms with E-state index in [2.05, 4.69) is 25.5 Å². The van der Waals surface area contributed by atoms with Gasteiger partial charge in [0.25, 0.3) is 5.91 Å². The molecule has 2 aromatic heterocycles. The van der Waals surface area contributed by atoms with Crippen LogP contribution in [0.3, 0.4) is 0 Å². The van der Waals surface area contributed by atoms with Crippen LogP contribution in [0.15, 0.2) is 6.33 Å². The number of rotatable bonds is 2. The van der Waals surface area contributed by atoms with Crippen molar-refractivity contribution in [1.29, 1.82) is 0 Å². The van der Waals surface area contributed by atoms with Crippen molar-refractivity contribution in [2.24, 2.45) is 0 Å². The maximum Gasteiger partial charge on any atom is 0.287 e. The molecule has 0 unspecified atom stereocenters. The van der Waals surface area contributed by atoms with Crippen LogP contribution >= 0.6 is 46.1 Å². The number of hydrogen-bond donors (Lipinski definition) is 1. The predicted molar refractivity (Wildman–Crippen MR) is 64.9 cm³/mol. The Labute approximate surface area is 114 Å². The van der Waals surface area contributed by atoms with Crippen molar-refractivity contribution in [3.63, 3.8) is 0 Å². The lowest BCUT2D eigenvalue weighted by Gasteiger charge is -2.03. The lowest BCUT2D eigenvalue weighted by molar-refractivity contribution is 0.102. The van der Waals surface area contributed by atoms with Crippen molar-refractivity contribution in [3.05, 3.63) is 26.0 Å². The zero-order chi connectivity index (χ0) is 12.4. The number of carbonyl (C=O) groups is 1. The number of nitrogens with one attached hydrogen (secondary N) is 1. The molecule has 2 heterocycles. The zero-order valence-electron chi connectivity index (χ0n) is 7.82. The Kier molecular flexibility index (Phi) is 3.72. The lowest BCUT2D eigenvalue weighted by Crippen LogP contribution is -2.13. The number of aromatic nitrogens is 4. The van der Waals surface area contributed by atoms with E-state index in [1.807, 2.05) is 0 Å². The summed E-state index contributed by atoms with van der Waals surface area (Å²) < 4.78 is 0.168. The van der Waals surface area contributed by atoms with Crippen LogP contribution in [-0.2, 0) is 0 Å². The second-order valence-electron chi connectivity index (χ2n) is 2.64. The molecule has 0 saturated heterocycles. The summed E-state index contributed by atoms with van der Waals surface area (Å²) >= 11 is 18.0. The Hall–Kier alpha value is -1.02. The summed E-state index contributed by atoms with van der Waals surface area (Å²) in [6.45, 7) is 0. The number of amides is 1. The molecule has 0 aliphatic carbocycles. The number of halogens is 3. The van der Waals surface area contributed by atoms with Gasteiger partial charge in [-0.3, -0.25) is 4.79 Å². The van der Waals surface area contributed by atoms with Crippen LogP contribution in [0, 0.1) is 0 Å². The Morgan fingerprint density at radius 1 is 1.24 bits per heavy atom. The molecule has 2 rings (SSSR count). The summed E-state index contributed by atoms with van der Waals surface area (Å²) in [5.41, 5.74) is 0. The molecule has 88 valence electrons. The maximum absolute atomic E-state index is 11.7. The van der Waals surface area contributed by atoms with Gasteiger partial charge in [-0.05, 0) is 11.6 Å². The standard InChI is InChI=1S/C7H2Cl3N5OS/c8-2-3(9)11-1-12-4(2)13-5(16)6-14-15-7(10)17-6/h1H,(H,11,12,13,16). The van der Waals surface area contributed by atoms with Crippen LogP contribution in [0.1, 0.15) is 9.80 Å². The molecule has 6 nitrogen and oxygen atoms in total. The van der Waals surface area contributed by atoms with Gasteiger partial charge in [-0.25, -0.2) is 9.97 Å². The van der Waals surface area contributed by atoms with E-state index < -0.39 is 5.91 Å². The first-order chi connectivity index (χ1) is 8.08.